The minimum Gasteiger partial charge on any atom is -0.468 e. The molecule has 0 bridgehead atoms. The zero-order valence-electron chi connectivity index (χ0n) is 15.6. The van der Waals surface area contributed by atoms with Gasteiger partial charge in [0.2, 0.25) is 5.91 Å². The largest absolute Gasteiger partial charge is 0.468 e. The summed E-state index contributed by atoms with van der Waals surface area (Å²) in [6.07, 6.45) is 4.11. The van der Waals surface area contributed by atoms with Gasteiger partial charge in [-0.1, -0.05) is 0 Å². The number of likely N-dealkylation sites (tertiary alicyclic amines) is 1. The summed E-state index contributed by atoms with van der Waals surface area (Å²) in [5, 5.41) is 7.56. The first-order chi connectivity index (χ1) is 12.0. The highest BCUT2D eigenvalue weighted by Gasteiger charge is 2.28. The van der Waals surface area contributed by atoms with Gasteiger partial charge in [-0.25, -0.2) is 0 Å². The summed E-state index contributed by atoms with van der Waals surface area (Å²) >= 11 is 0. The van der Waals surface area contributed by atoms with Crippen LogP contribution in [0.15, 0.2) is 22.8 Å². The number of nitrogens with zero attached hydrogens (tertiary/aromatic N) is 3. The van der Waals surface area contributed by atoms with E-state index >= 15 is 0 Å². The highest BCUT2D eigenvalue weighted by Crippen LogP contribution is 2.26. The Balaban J connectivity index is 1.69. The summed E-state index contributed by atoms with van der Waals surface area (Å²) in [5.41, 5.74) is 2.99. The molecule has 2 aromatic heterocycles. The molecule has 0 unspecified atom stereocenters. The van der Waals surface area contributed by atoms with Crippen LogP contribution < -0.4 is 5.32 Å². The minimum atomic E-state index is -0.218. The molecule has 1 aliphatic rings. The predicted molar refractivity (Wildman–Crippen MR) is 96.4 cm³/mol. The standard InChI is InChI=1S/C19H28N4O2/c1-13(18-14(2)21-22(4)15(18)3)19(24)20-12-16(17-8-7-11-25-17)23-9-5-6-10-23/h7-8,11,13,16H,5-6,9-10,12H2,1-4H3,(H,20,24)/t13-,16+/m1/s1. The van der Waals surface area contributed by atoms with E-state index in [0.29, 0.717) is 6.54 Å². The van der Waals surface area contributed by atoms with Crippen molar-refractivity contribution >= 4 is 5.91 Å². The molecule has 0 spiro atoms. The molecule has 1 fully saturated rings. The fraction of sp³-hybridized carbons (Fsp3) is 0.579. The Morgan fingerprint density at radius 3 is 2.64 bits per heavy atom. The second-order valence-corrected chi connectivity index (χ2v) is 6.95. The molecule has 2 atom stereocenters. The van der Waals surface area contributed by atoms with Crippen LogP contribution in [-0.4, -0.2) is 40.2 Å². The third kappa shape index (κ3) is 3.63. The molecule has 2 aromatic rings. The summed E-state index contributed by atoms with van der Waals surface area (Å²) in [4.78, 5) is 15.1. The molecule has 0 saturated carbocycles. The van der Waals surface area contributed by atoms with Crippen LogP contribution in [0.4, 0.5) is 0 Å². The second kappa shape index (κ2) is 7.44. The highest BCUT2D eigenvalue weighted by atomic mass is 16.3. The highest BCUT2D eigenvalue weighted by molar-refractivity contribution is 5.83. The molecule has 1 saturated heterocycles. The van der Waals surface area contributed by atoms with Crippen LogP contribution in [0.25, 0.3) is 0 Å². The molecule has 136 valence electrons. The van der Waals surface area contributed by atoms with E-state index < -0.39 is 0 Å². The van der Waals surface area contributed by atoms with Gasteiger partial charge in [0.1, 0.15) is 5.76 Å². The Kier molecular flexibility index (Phi) is 5.27. The third-order valence-corrected chi connectivity index (χ3v) is 5.31. The van der Waals surface area contributed by atoms with Crippen molar-refractivity contribution in [2.24, 2.45) is 7.05 Å². The molecule has 25 heavy (non-hydrogen) atoms. The molecule has 1 aliphatic heterocycles. The summed E-state index contributed by atoms with van der Waals surface area (Å²) < 4.78 is 7.46. The van der Waals surface area contributed by atoms with E-state index in [0.717, 1.165) is 35.8 Å². The Morgan fingerprint density at radius 1 is 1.36 bits per heavy atom. The first kappa shape index (κ1) is 17.7. The van der Waals surface area contributed by atoms with Crippen molar-refractivity contribution in [3.05, 3.63) is 41.1 Å². The molecule has 6 heteroatoms. The Bertz CT molecular complexity index is 714. The smallest absolute Gasteiger partial charge is 0.227 e. The van der Waals surface area contributed by atoms with Gasteiger partial charge in [-0.15, -0.1) is 0 Å². The lowest BCUT2D eigenvalue weighted by Crippen LogP contribution is -2.38. The average molecular weight is 344 g/mol. The van der Waals surface area contributed by atoms with Gasteiger partial charge in [-0.3, -0.25) is 14.4 Å². The van der Waals surface area contributed by atoms with Crippen molar-refractivity contribution in [3.63, 3.8) is 0 Å². The first-order valence-corrected chi connectivity index (χ1v) is 9.04. The van der Waals surface area contributed by atoms with Gasteiger partial charge < -0.3 is 9.73 Å². The van der Waals surface area contributed by atoms with Crippen LogP contribution in [0.5, 0.6) is 0 Å². The predicted octanol–water partition coefficient (Wildman–Crippen LogP) is 2.69. The molecule has 0 aliphatic carbocycles. The van der Waals surface area contributed by atoms with Gasteiger partial charge in [-0.2, -0.15) is 5.10 Å². The van der Waals surface area contributed by atoms with Gasteiger partial charge in [0.15, 0.2) is 0 Å². The topological polar surface area (TPSA) is 63.3 Å². The van der Waals surface area contributed by atoms with Crippen LogP contribution in [0.1, 0.15) is 54.4 Å². The number of hydrogen-bond acceptors (Lipinski definition) is 4. The first-order valence-electron chi connectivity index (χ1n) is 9.04. The van der Waals surface area contributed by atoms with E-state index in [1.165, 1.54) is 12.8 Å². The number of aryl methyl sites for hydroxylation is 2. The second-order valence-electron chi connectivity index (χ2n) is 6.95. The van der Waals surface area contributed by atoms with E-state index in [1.54, 1.807) is 6.26 Å². The Morgan fingerprint density at radius 2 is 2.08 bits per heavy atom. The maximum atomic E-state index is 12.7. The van der Waals surface area contributed by atoms with Gasteiger partial charge in [0.05, 0.1) is 23.9 Å². The quantitative estimate of drug-likeness (QED) is 0.875. The van der Waals surface area contributed by atoms with Gasteiger partial charge in [0.25, 0.3) is 0 Å². The number of rotatable bonds is 6. The SMILES string of the molecule is Cc1nn(C)c(C)c1[C@@H](C)C(=O)NC[C@@H](c1ccco1)N1CCCC1. The van der Waals surface area contributed by atoms with Crippen LogP contribution in [0.3, 0.4) is 0 Å². The number of amides is 1. The monoisotopic (exact) mass is 344 g/mol. The minimum absolute atomic E-state index is 0.0370. The van der Waals surface area contributed by atoms with Crippen molar-refractivity contribution in [2.75, 3.05) is 19.6 Å². The van der Waals surface area contributed by atoms with Gasteiger partial charge >= 0.3 is 0 Å². The summed E-state index contributed by atoms with van der Waals surface area (Å²) in [5.74, 6) is 0.739. The fourth-order valence-electron chi connectivity index (χ4n) is 3.84. The van der Waals surface area contributed by atoms with E-state index in [-0.39, 0.29) is 17.9 Å². The molecule has 0 radical (unpaired) electrons. The van der Waals surface area contributed by atoms with E-state index in [9.17, 15) is 4.79 Å². The lowest BCUT2D eigenvalue weighted by atomic mass is 9.98. The number of aromatic nitrogens is 2. The number of hydrogen-bond donors (Lipinski definition) is 1. The number of nitrogens with one attached hydrogen (secondary N) is 1. The molecular formula is C19H28N4O2. The van der Waals surface area contributed by atoms with Crippen LogP contribution in [-0.2, 0) is 11.8 Å². The number of furan rings is 1. The van der Waals surface area contributed by atoms with Crippen LogP contribution >= 0.6 is 0 Å². The van der Waals surface area contributed by atoms with E-state index in [4.69, 9.17) is 4.42 Å². The molecule has 1 amide bonds. The van der Waals surface area contributed by atoms with E-state index in [1.807, 2.05) is 44.6 Å². The van der Waals surface area contributed by atoms with Crippen molar-refractivity contribution < 1.29 is 9.21 Å². The lowest BCUT2D eigenvalue weighted by Gasteiger charge is -2.26. The van der Waals surface area contributed by atoms with Crippen LogP contribution in [0.2, 0.25) is 0 Å². The summed E-state index contributed by atoms with van der Waals surface area (Å²) in [7, 11) is 1.91. The van der Waals surface area contributed by atoms with E-state index in [2.05, 4.69) is 15.3 Å². The molecule has 3 heterocycles. The molecule has 3 rings (SSSR count). The molecular weight excluding hydrogens is 316 g/mol. The Hall–Kier alpha value is -2.08. The molecule has 6 nitrogen and oxygen atoms in total. The third-order valence-electron chi connectivity index (χ3n) is 5.31. The average Bonchev–Trinajstić information content (AvgIpc) is 3.32. The summed E-state index contributed by atoms with van der Waals surface area (Å²) in [6, 6.07) is 4.00. The molecule has 1 N–H and O–H groups in total. The fourth-order valence-corrected chi connectivity index (χ4v) is 3.84. The maximum absolute atomic E-state index is 12.7. The van der Waals surface area contributed by atoms with Crippen molar-refractivity contribution in [2.45, 2.75) is 45.6 Å². The van der Waals surface area contributed by atoms with Crippen molar-refractivity contribution in [3.8, 4) is 0 Å². The summed E-state index contributed by atoms with van der Waals surface area (Å²) in [6.45, 7) is 8.59. The van der Waals surface area contributed by atoms with Crippen LogP contribution in [0, 0.1) is 13.8 Å². The van der Waals surface area contributed by atoms with Gasteiger partial charge in [-0.05, 0) is 58.8 Å². The molecule has 0 aromatic carbocycles. The zero-order valence-corrected chi connectivity index (χ0v) is 15.6. The maximum Gasteiger partial charge on any atom is 0.227 e. The number of carbonyl (C=O) groups excluding carboxylic acids is 1. The Labute approximate surface area is 149 Å². The van der Waals surface area contributed by atoms with Gasteiger partial charge in [0, 0.05) is 24.8 Å². The van der Waals surface area contributed by atoms with Crippen molar-refractivity contribution in [1.82, 2.24) is 20.0 Å². The lowest BCUT2D eigenvalue weighted by molar-refractivity contribution is -0.122. The zero-order chi connectivity index (χ0) is 18.0. The van der Waals surface area contributed by atoms with Crippen molar-refractivity contribution in [1.29, 1.82) is 0 Å². The normalized spacial score (nSPS) is 17.6. The number of carbonyl (C=O) groups is 1.